The Hall–Kier alpha value is -1.94. The second-order valence-electron chi connectivity index (χ2n) is 7.95. The number of nitrogens with two attached hydrogens (primary N) is 1. The summed E-state index contributed by atoms with van der Waals surface area (Å²) in [5.41, 5.74) is 8.53. The van der Waals surface area contributed by atoms with Gasteiger partial charge in [0.25, 0.3) is 0 Å². The maximum absolute atomic E-state index is 11.6. The van der Waals surface area contributed by atoms with E-state index in [0.29, 0.717) is 5.56 Å². The Kier molecular flexibility index (Phi) is 8.48. The molecule has 2 aromatic rings. The number of amides is 1. The lowest BCUT2D eigenvalue weighted by atomic mass is 10.1. The van der Waals surface area contributed by atoms with Gasteiger partial charge >= 0.3 is 0 Å². The first-order valence-electron chi connectivity index (χ1n) is 11.2. The molecule has 1 aliphatic heterocycles. The molecule has 2 aromatic carbocycles. The van der Waals surface area contributed by atoms with Crippen LogP contribution in [-0.2, 0) is 0 Å². The minimum absolute atomic E-state index is 0.367. The molecule has 2 N–H and O–H groups in total. The van der Waals surface area contributed by atoms with Crippen molar-refractivity contribution in [2.75, 3.05) is 11.4 Å². The highest BCUT2D eigenvalue weighted by Gasteiger charge is 2.23. The van der Waals surface area contributed by atoms with Crippen molar-refractivity contribution in [2.24, 2.45) is 5.73 Å². The lowest BCUT2D eigenvalue weighted by molar-refractivity contribution is 0.1000. The van der Waals surface area contributed by atoms with Gasteiger partial charge in [-0.25, -0.2) is 0 Å². The maximum atomic E-state index is 11.6. The Labute approximate surface area is 180 Å². The molecule has 0 radical (unpaired) electrons. The summed E-state index contributed by atoms with van der Waals surface area (Å²) in [4.78, 5) is 16.4. The normalized spacial score (nSPS) is 12.5. The van der Waals surface area contributed by atoms with E-state index in [-0.39, 0.29) is 5.91 Å². The zero-order valence-corrected chi connectivity index (χ0v) is 18.5. The van der Waals surface area contributed by atoms with Crippen molar-refractivity contribution in [3.63, 3.8) is 0 Å². The molecule has 0 atom stereocenters. The zero-order chi connectivity index (χ0) is 20.5. The molecule has 0 spiro atoms. The molecule has 0 aliphatic carbocycles. The van der Waals surface area contributed by atoms with Crippen molar-refractivity contribution in [3.8, 4) is 0 Å². The first kappa shape index (κ1) is 21.8. The molecular formula is C25H34N2OS. The summed E-state index contributed by atoms with van der Waals surface area (Å²) in [7, 11) is 0. The third kappa shape index (κ3) is 6.02. The van der Waals surface area contributed by atoms with Crippen molar-refractivity contribution in [3.05, 3.63) is 48.0 Å². The highest BCUT2D eigenvalue weighted by Crippen LogP contribution is 2.48. The minimum atomic E-state index is -0.367. The Balaban J connectivity index is 1.53. The van der Waals surface area contributed by atoms with Crippen LogP contribution in [0.2, 0.25) is 0 Å². The molecule has 0 fully saturated rings. The van der Waals surface area contributed by atoms with Crippen molar-refractivity contribution < 1.29 is 4.79 Å². The Morgan fingerprint density at radius 3 is 2.14 bits per heavy atom. The van der Waals surface area contributed by atoms with Crippen LogP contribution < -0.4 is 10.6 Å². The SMILES string of the molecule is CCCCCCCCCCCCN1c2ccccc2Sc2cc(C(N)=O)ccc21. The molecule has 1 amide bonds. The number of nitrogens with zero attached hydrogens (tertiary/aromatic N) is 1. The van der Waals surface area contributed by atoms with Gasteiger partial charge < -0.3 is 10.6 Å². The summed E-state index contributed by atoms with van der Waals surface area (Å²) in [6, 6.07) is 14.4. The third-order valence-electron chi connectivity index (χ3n) is 5.65. The van der Waals surface area contributed by atoms with Crippen LogP contribution in [0.25, 0.3) is 0 Å². The summed E-state index contributed by atoms with van der Waals surface area (Å²) >= 11 is 1.73. The predicted octanol–water partition coefficient (Wildman–Crippen LogP) is 7.31. The summed E-state index contributed by atoms with van der Waals surface area (Å²) in [5.74, 6) is -0.367. The van der Waals surface area contributed by atoms with Gasteiger partial charge in [-0.2, -0.15) is 0 Å². The second kappa shape index (κ2) is 11.3. The van der Waals surface area contributed by atoms with Crippen LogP contribution in [0.5, 0.6) is 0 Å². The van der Waals surface area contributed by atoms with Crippen LogP contribution >= 0.6 is 11.8 Å². The van der Waals surface area contributed by atoms with Gasteiger partial charge in [0.05, 0.1) is 11.4 Å². The molecule has 29 heavy (non-hydrogen) atoms. The smallest absolute Gasteiger partial charge is 0.248 e. The van der Waals surface area contributed by atoms with E-state index in [9.17, 15) is 4.79 Å². The van der Waals surface area contributed by atoms with E-state index in [0.717, 1.165) is 11.4 Å². The average molecular weight is 411 g/mol. The monoisotopic (exact) mass is 410 g/mol. The van der Waals surface area contributed by atoms with Gasteiger partial charge in [0, 0.05) is 21.9 Å². The Bertz CT molecular complexity index is 805. The number of rotatable bonds is 12. The average Bonchev–Trinajstić information content (AvgIpc) is 2.73. The molecule has 0 unspecified atom stereocenters. The number of fused-ring (bicyclic) bond motifs is 2. The van der Waals surface area contributed by atoms with Crippen molar-refractivity contribution >= 4 is 29.0 Å². The van der Waals surface area contributed by atoms with Gasteiger partial charge in [-0.05, 0) is 36.8 Å². The number of carbonyl (C=O) groups is 1. The highest BCUT2D eigenvalue weighted by atomic mass is 32.2. The standard InChI is InChI=1S/C25H34N2OS/c1-2-3-4-5-6-7-8-9-10-13-18-27-21-14-11-12-15-23(21)29-24-19-20(25(26)28)16-17-22(24)27/h11-12,14-17,19H,2-10,13,18H2,1H3,(H2,26,28). The van der Waals surface area contributed by atoms with Crippen LogP contribution in [-0.4, -0.2) is 12.5 Å². The van der Waals surface area contributed by atoms with Gasteiger partial charge in [0.1, 0.15) is 0 Å². The number of carbonyl (C=O) groups excluding carboxylic acids is 1. The molecule has 0 saturated carbocycles. The number of anilines is 2. The fourth-order valence-electron chi connectivity index (χ4n) is 3.99. The topological polar surface area (TPSA) is 46.3 Å². The minimum Gasteiger partial charge on any atom is -0.366 e. The van der Waals surface area contributed by atoms with Gasteiger partial charge in [0.2, 0.25) is 5.91 Å². The Morgan fingerprint density at radius 2 is 1.45 bits per heavy atom. The van der Waals surface area contributed by atoms with Gasteiger partial charge in [-0.15, -0.1) is 0 Å². The molecule has 3 rings (SSSR count). The van der Waals surface area contributed by atoms with E-state index in [1.54, 1.807) is 11.8 Å². The summed E-state index contributed by atoms with van der Waals surface area (Å²) < 4.78 is 0. The molecule has 1 aliphatic rings. The van der Waals surface area contributed by atoms with Crippen LogP contribution in [0, 0.1) is 0 Å². The van der Waals surface area contributed by atoms with E-state index < -0.39 is 0 Å². The molecule has 0 bridgehead atoms. The van der Waals surface area contributed by atoms with Crippen LogP contribution in [0.1, 0.15) is 81.5 Å². The largest absolute Gasteiger partial charge is 0.366 e. The molecule has 3 nitrogen and oxygen atoms in total. The zero-order valence-electron chi connectivity index (χ0n) is 17.7. The van der Waals surface area contributed by atoms with Gasteiger partial charge in [-0.3, -0.25) is 4.79 Å². The molecule has 1 heterocycles. The van der Waals surface area contributed by atoms with Gasteiger partial charge in [0.15, 0.2) is 0 Å². The Morgan fingerprint density at radius 1 is 0.828 bits per heavy atom. The summed E-state index contributed by atoms with van der Waals surface area (Å²) in [5, 5.41) is 0. The first-order valence-corrected chi connectivity index (χ1v) is 12.0. The van der Waals surface area contributed by atoms with E-state index in [4.69, 9.17) is 5.73 Å². The lowest BCUT2D eigenvalue weighted by Crippen LogP contribution is -2.22. The second-order valence-corrected chi connectivity index (χ2v) is 9.03. The number of hydrogen-bond donors (Lipinski definition) is 1. The van der Waals surface area contributed by atoms with Crippen LogP contribution in [0.4, 0.5) is 11.4 Å². The quantitative estimate of drug-likeness (QED) is 0.373. The lowest BCUT2D eigenvalue weighted by Gasteiger charge is -2.33. The van der Waals surface area contributed by atoms with E-state index >= 15 is 0 Å². The van der Waals surface area contributed by atoms with Crippen molar-refractivity contribution in [1.29, 1.82) is 0 Å². The van der Waals surface area contributed by atoms with Gasteiger partial charge in [-0.1, -0.05) is 88.6 Å². The number of para-hydroxylation sites is 1. The number of benzene rings is 2. The van der Waals surface area contributed by atoms with Crippen molar-refractivity contribution in [1.82, 2.24) is 0 Å². The number of primary amides is 1. The van der Waals surface area contributed by atoms with E-state index in [1.165, 1.54) is 80.5 Å². The van der Waals surface area contributed by atoms with E-state index in [1.807, 2.05) is 12.1 Å². The predicted molar refractivity (Wildman–Crippen MR) is 124 cm³/mol. The molecule has 156 valence electrons. The summed E-state index contributed by atoms with van der Waals surface area (Å²) in [6.45, 7) is 3.28. The molecule has 4 heteroatoms. The maximum Gasteiger partial charge on any atom is 0.248 e. The highest BCUT2D eigenvalue weighted by molar-refractivity contribution is 7.99. The fourth-order valence-corrected chi connectivity index (χ4v) is 5.12. The van der Waals surface area contributed by atoms with E-state index in [2.05, 4.69) is 42.2 Å². The summed E-state index contributed by atoms with van der Waals surface area (Å²) in [6.07, 6.45) is 13.4. The fraction of sp³-hybridized carbons (Fsp3) is 0.480. The third-order valence-corrected chi connectivity index (χ3v) is 6.76. The number of unbranched alkanes of at least 4 members (excludes halogenated alkanes) is 9. The van der Waals surface area contributed by atoms with Crippen LogP contribution in [0.15, 0.2) is 52.3 Å². The number of hydrogen-bond acceptors (Lipinski definition) is 3. The van der Waals surface area contributed by atoms with Crippen LogP contribution in [0.3, 0.4) is 0 Å². The molecular weight excluding hydrogens is 376 g/mol. The molecule has 0 saturated heterocycles. The van der Waals surface area contributed by atoms with Crippen molar-refractivity contribution in [2.45, 2.75) is 80.9 Å². The first-order chi connectivity index (χ1) is 14.2. The molecule has 0 aromatic heterocycles.